The van der Waals surface area contributed by atoms with Gasteiger partial charge in [-0.25, -0.2) is 0 Å². The maximum atomic E-state index is 12.0. The molecule has 0 unspecified atom stereocenters. The highest BCUT2D eigenvalue weighted by molar-refractivity contribution is 6.00. The van der Waals surface area contributed by atoms with E-state index in [9.17, 15) is 14.7 Å². The number of hydrazine groups is 1. The lowest BCUT2D eigenvalue weighted by atomic mass is 10.0. The summed E-state index contributed by atoms with van der Waals surface area (Å²) < 4.78 is 0. The van der Waals surface area contributed by atoms with Gasteiger partial charge in [-0.15, -0.1) is 0 Å². The molecule has 2 amide bonds. The number of rotatable bonds is 3. The molecule has 0 saturated carbocycles. The molecule has 0 saturated heterocycles. The van der Waals surface area contributed by atoms with E-state index in [1.807, 2.05) is 12.1 Å². The van der Waals surface area contributed by atoms with Crippen LogP contribution in [-0.2, 0) is 0 Å². The van der Waals surface area contributed by atoms with Crippen LogP contribution in [0.2, 0.25) is 0 Å². The summed E-state index contributed by atoms with van der Waals surface area (Å²) in [5, 5.41) is 9.57. The van der Waals surface area contributed by atoms with Gasteiger partial charge in [-0.1, -0.05) is 38.1 Å². The number of hydrogen-bond acceptors (Lipinski definition) is 3. The van der Waals surface area contributed by atoms with Gasteiger partial charge < -0.3 is 5.11 Å². The zero-order valence-electron chi connectivity index (χ0n) is 12.5. The van der Waals surface area contributed by atoms with Gasteiger partial charge in [-0.05, 0) is 35.7 Å². The fraction of sp³-hybridized carbons (Fsp3) is 0.176. The van der Waals surface area contributed by atoms with E-state index in [0.29, 0.717) is 11.5 Å². The highest BCUT2D eigenvalue weighted by atomic mass is 16.3. The lowest BCUT2D eigenvalue weighted by Gasteiger charge is -2.09. The SMILES string of the molecule is CC(C)c1ccc(C(=O)NNC(=O)c2ccccc2O)cc1. The fourth-order valence-electron chi connectivity index (χ4n) is 1.94. The van der Waals surface area contributed by atoms with Gasteiger partial charge in [0.25, 0.3) is 11.8 Å². The van der Waals surface area contributed by atoms with E-state index < -0.39 is 11.8 Å². The van der Waals surface area contributed by atoms with Crippen LogP contribution in [0.3, 0.4) is 0 Å². The van der Waals surface area contributed by atoms with E-state index in [1.54, 1.807) is 24.3 Å². The largest absolute Gasteiger partial charge is 0.507 e. The number of carbonyl (C=O) groups excluding carboxylic acids is 2. The predicted octanol–water partition coefficient (Wildman–Crippen LogP) is 2.59. The van der Waals surface area contributed by atoms with E-state index in [1.165, 1.54) is 12.1 Å². The quantitative estimate of drug-likeness (QED) is 0.762. The molecule has 0 aliphatic carbocycles. The van der Waals surface area contributed by atoms with Crippen molar-refractivity contribution in [2.75, 3.05) is 0 Å². The molecule has 3 N–H and O–H groups in total. The van der Waals surface area contributed by atoms with Crippen LogP contribution in [0.4, 0.5) is 0 Å². The minimum absolute atomic E-state index is 0.0953. The summed E-state index contributed by atoms with van der Waals surface area (Å²) in [4.78, 5) is 23.8. The molecule has 2 rings (SSSR count). The Kier molecular flexibility index (Phi) is 4.78. The Labute approximate surface area is 129 Å². The Bertz CT molecular complexity index is 679. The third-order valence-corrected chi connectivity index (χ3v) is 3.28. The van der Waals surface area contributed by atoms with Crippen molar-refractivity contribution in [1.29, 1.82) is 0 Å². The molecule has 0 atom stereocenters. The van der Waals surface area contributed by atoms with Crippen LogP contribution in [0, 0.1) is 0 Å². The fourth-order valence-corrected chi connectivity index (χ4v) is 1.94. The number of amides is 2. The highest BCUT2D eigenvalue weighted by Crippen LogP contribution is 2.15. The van der Waals surface area contributed by atoms with E-state index in [2.05, 4.69) is 24.7 Å². The van der Waals surface area contributed by atoms with Crippen molar-refractivity contribution in [3.63, 3.8) is 0 Å². The van der Waals surface area contributed by atoms with Gasteiger partial charge >= 0.3 is 0 Å². The standard InChI is InChI=1S/C17H18N2O3/c1-11(2)12-7-9-13(10-8-12)16(21)18-19-17(22)14-5-3-4-6-15(14)20/h3-11,20H,1-2H3,(H,18,21)(H,19,22). The molecule has 0 aliphatic heterocycles. The average molecular weight is 298 g/mol. The molecule has 0 aliphatic rings. The first-order valence-corrected chi connectivity index (χ1v) is 6.97. The average Bonchev–Trinajstić information content (AvgIpc) is 2.52. The zero-order chi connectivity index (χ0) is 16.1. The van der Waals surface area contributed by atoms with Crippen molar-refractivity contribution in [3.05, 3.63) is 65.2 Å². The highest BCUT2D eigenvalue weighted by Gasteiger charge is 2.12. The maximum Gasteiger partial charge on any atom is 0.273 e. The van der Waals surface area contributed by atoms with Crippen LogP contribution in [-0.4, -0.2) is 16.9 Å². The first-order valence-electron chi connectivity index (χ1n) is 6.97. The molecule has 2 aromatic carbocycles. The Hall–Kier alpha value is -2.82. The maximum absolute atomic E-state index is 12.0. The summed E-state index contributed by atoms with van der Waals surface area (Å²) in [6.45, 7) is 4.14. The van der Waals surface area contributed by atoms with Crippen LogP contribution in [0.5, 0.6) is 5.75 Å². The Balaban J connectivity index is 1.98. The van der Waals surface area contributed by atoms with Crippen LogP contribution in [0.25, 0.3) is 0 Å². The Morgan fingerprint density at radius 1 is 0.909 bits per heavy atom. The van der Waals surface area contributed by atoms with Crippen molar-refractivity contribution in [2.24, 2.45) is 0 Å². The molecular weight excluding hydrogens is 280 g/mol. The summed E-state index contributed by atoms with van der Waals surface area (Å²) >= 11 is 0. The van der Waals surface area contributed by atoms with E-state index in [4.69, 9.17) is 0 Å². The minimum atomic E-state index is -0.578. The number of phenols is 1. The van der Waals surface area contributed by atoms with E-state index in [-0.39, 0.29) is 11.3 Å². The van der Waals surface area contributed by atoms with Gasteiger partial charge in [0.15, 0.2) is 0 Å². The summed E-state index contributed by atoms with van der Waals surface area (Å²) in [6, 6.07) is 13.3. The Morgan fingerprint density at radius 3 is 2.09 bits per heavy atom. The van der Waals surface area contributed by atoms with Crippen LogP contribution in [0.15, 0.2) is 48.5 Å². The first kappa shape index (κ1) is 15.6. The second kappa shape index (κ2) is 6.76. The van der Waals surface area contributed by atoms with Crippen molar-refractivity contribution in [2.45, 2.75) is 19.8 Å². The summed E-state index contributed by atoms with van der Waals surface area (Å²) in [6.07, 6.45) is 0. The van der Waals surface area contributed by atoms with Gasteiger partial charge in [0.1, 0.15) is 5.75 Å². The zero-order valence-corrected chi connectivity index (χ0v) is 12.5. The molecule has 0 heterocycles. The van der Waals surface area contributed by atoms with Crippen LogP contribution >= 0.6 is 0 Å². The van der Waals surface area contributed by atoms with Gasteiger partial charge in [-0.2, -0.15) is 0 Å². The van der Waals surface area contributed by atoms with Gasteiger partial charge in [0.2, 0.25) is 0 Å². The van der Waals surface area contributed by atoms with Crippen molar-refractivity contribution < 1.29 is 14.7 Å². The molecule has 22 heavy (non-hydrogen) atoms. The molecule has 0 fully saturated rings. The molecule has 0 radical (unpaired) electrons. The van der Waals surface area contributed by atoms with Crippen LogP contribution in [0.1, 0.15) is 46.0 Å². The second-order valence-electron chi connectivity index (χ2n) is 5.20. The monoisotopic (exact) mass is 298 g/mol. The van der Waals surface area contributed by atoms with Crippen molar-refractivity contribution >= 4 is 11.8 Å². The summed E-state index contributed by atoms with van der Waals surface area (Å²) in [5.74, 6) is -0.752. The number of carbonyl (C=O) groups is 2. The molecule has 0 bridgehead atoms. The van der Waals surface area contributed by atoms with E-state index in [0.717, 1.165) is 5.56 Å². The normalized spacial score (nSPS) is 10.3. The predicted molar refractivity (Wildman–Crippen MR) is 83.6 cm³/mol. The molecule has 114 valence electrons. The number of nitrogens with one attached hydrogen (secondary N) is 2. The summed E-state index contributed by atoms with van der Waals surface area (Å²) in [5.41, 5.74) is 6.28. The van der Waals surface area contributed by atoms with Crippen molar-refractivity contribution in [3.8, 4) is 5.75 Å². The lowest BCUT2D eigenvalue weighted by molar-refractivity contribution is 0.0845. The minimum Gasteiger partial charge on any atom is -0.507 e. The number of para-hydroxylation sites is 1. The molecule has 0 aromatic heterocycles. The molecule has 5 heteroatoms. The van der Waals surface area contributed by atoms with Crippen molar-refractivity contribution in [1.82, 2.24) is 10.9 Å². The Morgan fingerprint density at radius 2 is 1.50 bits per heavy atom. The van der Waals surface area contributed by atoms with Gasteiger partial charge in [0.05, 0.1) is 5.56 Å². The topological polar surface area (TPSA) is 78.4 Å². The van der Waals surface area contributed by atoms with Crippen LogP contribution < -0.4 is 10.9 Å². The number of hydrogen-bond donors (Lipinski definition) is 3. The second-order valence-corrected chi connectivity index (χ2v) is 5.20. The smallest absolute Gasteiger partial charge is 0.273 e. The summed E-state index contributed by atoms with van der Waals surface area (Å²) in [7, 11) is 0. The number of benzene rings is 2. The number of phenolic OH excluding ortho intramolecular Hbond substituents is 1. The molecule has 2 aromatic rings. The van der Waals surface area contributed by atoms with E-state index >= 15 is 0 Å². The number of aromatic hydroxyl groups is 1. The lowest BCUT2D eigenvalue weighted by Crippen LogP contribution is -2.41. The third-order valence-electron chi connectivity index (χ3n) is 3.28. The first-order chi connectivity index (χ1) is 10.5. The van der Waals surface area contributed by atoms with Gasteiger partial charge in [0, 0.05) is 5.56 Å². The third kappa shape index (κ3) is 3.63. The molecular formula is C17H18N2O3. The molecule has 0 spiro atoms. The molecule has 5 nitrogen and oxygen atoms in total. The van der Waals surface area contributed by atoms with Gasteiger partial charge in [-0.3, -0.25) is 20.4 Å².